The molecule has 2 aromatic heterocycles. The molecule has 0 spiro atoms. The van der Waals surface area contributed by atoms with Gasteiger partial charge >= 0.3 is 0 Å². The van der Waals surface area contributed by atoms with Gasteiger partial charge in [0.05, 0.1) is 16.4 Å². The van der Waals surface area contributed by atoms with Gasteiger partial charge < -0.3 is 5.32 Å². The van der Waals surface area contributed by atoms with Gasteiger partial charge in [0, 0.05) is 10.6 Å². The number of carbonyl (C=O) groups excluding carboxylic acids is 1. The van der Waals surface area contributed by atoms with E-state index >= 15 is 0 Å². The zero-order valence-corrected chi connectivity index (χ0v) is 13.8. The molecular weight excluding hydrogens is 346 g/mol. The zero-order chi connectivity index (χ0) is 16.7. The number of fused-ring (bicyclic) bond motifs is 3. The lowest BCUT2D eigenvalue weighted by Gasteiger charge is -2.05. The predicted molar refractivity (Wildman–Crippen MR) is 96.3 cm³/mol. The molecule has 1 N–H and O–H groups in total. The minimum Gasteiger partial charge on any atom is -0.316 e. The number of rotatable bonds is 2. The predicted octanol–water partition coefficient (Wildman–Crippen LogP) is 3.81. The van der Waals surface area contributed by atoms with E-state index in [0.29, 0.717) is 15.5 Å². The molecule has 0 radical (unpaired) electrons. The number of hydrogen-bond donors (Lipinski definition) is 1. The summed E-state index contributed by atoms with van der Waals surface area (Å²) in [5, 5.41) is 3.16. The summed E-state index contributed by atoms with van der Waals surface area (Å²) in [4.78, 5) is 29.9. The van der Waals surface area contributed by atoms with Crippen LogP contribution >= 0.6 is 22.9 Å². The van der Waals surface area contributed by atoms with Gasteiger partial charge in [0.15, 0.2) is 4.96 Å². The summed E-state index contributed by atoms with van der Waals surface area (Å²) < 4.78 is 2.47. The fraction of sp³-hybridized carbons (Fsp3) is 0. The van der Waals surface area contributed by atoms with E-state index in [2.05, 4.69) is 10.3 Å². The van der Waals surface area contributed by atoms with E-state index in [4.69, 9.17) is 11.6 Å². The SMILES string of the molecule is O=C(Nc1cnc2sc3ccccc3n2c1=O)c1ccc(Cl)cc1. The molecule has 2 heterocycles. The number of hydrogen-bond acceptors (Lipinski definition) is 4. The summed E-state index contributed by atoms with van der Waals surface area (Å²) >= 11 is 7.24. The molecule has 4 aromatic rings. The van der Waals surface area contributed by atoms with Crippen molar-refractivity contribution in [2.24, 2.45) is 0 Å². The summed E-state index contributed by atoms with van der Waals surface area (Å²) in [6, 6.07) is 14.0. The van der Waals surface area contributed by atoms with Crippen molar-refractivity contribution in [2.45, 2.75) is 0 Å². The van der Waals surface area contributed by atoms with E-state index in [1.807, 2.05) is 24.3 Å². The quantitative estimate of drug-likeness (QED) is 0.594. The van der Waals surface area contributed by atoms with Crippen LogP contribution in [0.25, 0.3) is 15.2 Å². The first-order valence-corrected chi connectivity index (χ1v) is 8.29. The summed E-state index contributed by atoms with van der Waals surface area (Å²) in [6.45, 7) is 0. The van der Waals surface area contributed by atoms with Crippen LogP contribution in [0, 0.1) is 0 Å². The van der Waals surface area contributed by atoms with Crippen LogP contribution in [0.15, 0.2) is 59.5 Å². The number of aromatic nitrogens is 2. The average molecular weight is 356 g/mol. The van der Waals surface area contributed by atoms with Gasteiger partial charge in [0.1, 0.15) is 5.69 Å². The largest absolute Gasteiger partial charge is 0.316 e. The standard InChI is InChI=1S/C17H10ClN3O2S/c18-11-7-5-10(6-8-11)15(22)20-12-9-19-17-21(16(12)23)13-3-1-2-4-14(13)24-17/h1-9H,(H,20,22). The van der Waals surface area contributed by atoms with E-state index in [0.717, 1.165) is 10.2 Å². The Morgan fingerprint density at radius 3 is 2.67 bits per heavy atom. The second kappa shape index (κ2) is 5.74. The third kappa shape index (κ3) is 2.46. The van der Waals surface area contributed by atoms with Crippen LogP contribution in [0.5, 0.6) is 0 Å². The number of para-hydroxylation sites is 1. The van der Waals surface area contributed by atoms with Gasteiger partial charge in [-0.15, -0.1) is 0 Å². The van der Waals surface area contributed by atoms with Gasteiger partial charge in [-0.2, -0.15) is 0 Å². The summed E-state index contributed by atoms with van der Waals surface area (Å²) in [7, 11) is 0. The molecule has 4 rings (SSSR count). The second-order valence-corrected chi connectivity index (χ2v) is 6.57. The Balaban J connectivity index is 1.78. The molecule has 0 aliphatic carbocycles. The van der Waals surface area contributed by atoms with Crippen molar-refractivity contribution < 1.29 is 4.79 Å². The molecular formula is C17H10ClN3O2S. The number of anilines is 1. The first-order valence-electron chi connectivity index (χ1n) is 7.10. The van der Waals surface area contributed by atoms with E-state index in [1.54, 1.807) is 24.3 Å². The van der Waals surface area contributed by atoms with Crippen LogP contribution in [0.1, 0.15) is 10.4 Å². The number of nitrogens with one attached hydrogen (secondary N) is 1. The lowest BCUT2D eigenvalue weighted by Crippen LogP contribution is -2.22. The van der Waals surface area contributed by atoms with E-state index in [-0.39, 0.29) is 17.2 Å². The number of thiazole rings is 1. The van der Waals surface area contributed by atoms with Crippen molar-refractivity contribution in [2.75, 3.05) is 5.32 Å². The topological polar surface area (TPSA) is 63.5 Å². The first-order chi connectivity index (χ1) is 11.6. The molecule has 0 aliphatic rings. The van der Waals surface area contributed by atoms with Gasteiger partial charge in [-0.25, -0.2) is 9.38 Å². The number of benzene rings is 2. The number of amides is 1. The van der Waals surface area contributed by atoms with E-state index < -0.39 is 0 Å². The Bertz CT molecular complexity index is 1130. The Kier molecular flexibility index (Phi) is 3.55. The van der Waals surface area contributed by atoms with Crippen molar-refractivity contribution in [3.8, 4) is 0 Å². The molecule has 5 nitrogen and oxygen atoms in total. The third-order valence-corrected chi connectivity index (χ3v) is 4.88. The van der Waals surface area contributed by atoms with Crippen LogP contribution < -0.4 is 10.9 Å². The zero-order valence-electron chi connectivity index (χ0n) is 12.2. The Labute approximate surface area is 145 Å². The normalized spacial score (nSPS) is 11.0. The highest BCUT2D eigenvalue weighted by Gasteiger charge is 2.13. The molecule has 2 aromatic carbocycles. The minimum absolute atomic E-state index is 0.135. The molecule has 24 heavy (non-hydrogen) atoms. The molecule has 0 saturated carbocycles. The molecule has 0 unspecified atom stereocenters. The van der Waals surface area contributed by atoms with Crippen LogP contribution in [0.3, 0.4) is 0 Å². The molecule has 0 aliphatic heterocycles. The third-order valence-electron chi connectivity index (χ3n) is 3.59. The Morgan fingerprint density at radius 2 is 1.88 bits per heavy atom. The second-order valence-electron chi connectivity index (χ2n) is 5.13. The van der Waals surface area contributed by atoms with Crippen molar-refractivity contribution >= 4 is 49.7 Å². The maximum absolute atomic E-state index is 12.7. The van der Waals surface area contributed by atoms with Gasteiger partial charge in [0.2, 0.25) is 0 Å². The summed E-state index contributed by atoms with van der Waals surface area (Å²) in [5.74, 6) is -0.384. The van der Waals surface area contributed by atoms with Crippen LogP contribution in [0.4, 0.5) is 5.69 Å². The van der Waals surface area contributed by atoms with Crippen molar-refractivity contribution in [1.82, 2.24) is 9.38 Å². The number of halogens is 1. The van der Waals surface area contributed by atoms with Gasteiger partial charge in [-0.1, -0.05) is 35.1 Å². The highest BCUT2D eigenvalue weighted by molar-refractivity contribution is 7.23. The number of carbonyl (C=O) groups is 1. The fourth-order valence-electron chi connectivity index (χ4n) is 2.43. The van der Waals surface area contributed by atoms with Crippen LogP contribution in [0.2, 0.25) is 5.02 Å². The molecule has 118 valence electrons. The van der Waals surface area contributed by atoms with Crippen molar-refractivity contribution in [3.05, 3.63) is 75.7 Å². The van der Waals surface area contributed by atoms with Gasteiger partial charge in [-0.05, 0) is 36.4 Å². The summed E-state index contributed by atoms with van der Waals surface area (Å²) in [6.07, 6.45) is 1.39. The molecule has 0 atom stereocenters. The smallest absolute Gasteiger partial charge is 0.282 e. The van der Waals surface area contributed by atoms with Crippen LogP contribution in [-0.2, 0) is 0 Å². The fourth-order valence-corrected chi connectivity index (χ4v) is 3.54. The van der Waals surface area contributed by atoms with E-state index in [1.165, 1.54) is 21.9 Å². The average Bonchev–Trinajstić information content (AvgIpc) is 2.97. The maximum atomic E-state index is 12.7. The van der Waals surface area contributed by atoms with Crippen molar-refractivity contribution in [1.29, 1.82) is 0 Å². The molecule has 0 fully saturated rings. The molecule has 7 heteroatoms. The van der Waals surface area contributed by atoms with Gasteiger partial charge in [0.25, 0.3) is 11.5 Å². The Morgan fingerprint density at radius 1 is 1.12 bits per heavy atom. The van der Waals surface area contributed by atoms with E-state index in [9.17, 15) is 9.59 Å². The van der Waals surface area contributed by atoms with Gasteiger partial charge in [-0.3, -0.25) is 9.59 Å². The molecule has 0 saturated heterocycles. The lowest BCUT2D eigenvalue weighted by atomic mass is 10.2. The monoisotopic (exact) mass is 355 g/mol. The highest BCUT2D eigenvalue weighted by atomic mass is 35.5. The van der Waals surface area contributed by atoms with Crippen molar-refractivity contribution in [3.63, 3.8) is 0 Å². The molecule has 0 bridgehead atoms. The number of nitrogens with zero attached hydrogens (tertiary/aromatic N) is 2. The Hall–Kier alpha value is -2.70. The lowest BCUT2D eigenvalue weighted by molar-refractivity contribution is 0.102. The first kappa shape index (κ1) is 14.9. The highest BCUT2D eigenvalue weighted by Crippen LogP contribution is 2.23. The van der Waals surface area contributed by atoms with Crippen LogP contribution in [-0.4, -0.2) is 15.3 Å². The minimum atomic E-state index is -0.384. The maximum Gasteiger partial charge on any atom is 0.282 e. The summed E-state index contributed by atoms with van der Waals surface area (Å²) in [5.41, 5.74) is 1.02. The molecule has 1 amide bonds.